The molecule has 0 amide bonds. The van der Waals surface area contributed by atoms with Crippen LogP contribution in [0.3, 0.4) is 0 Å². The Bertz CT molecular complexity index is 1350. The summed E-state index contributed by atoms with van der Waals surface area (Å²) in [4.78, 5) is 0. The zero-order valence-corrected chi connectivity index (χ0v) is 31.9. The van der Waals surface area contributed by atoms with Gasteiger partial charge < -0.3 is 139 Å². The van der Waals surface area contributed by atoms with Crippen molar-refractivity contribution in [2.75, 3.05) is 39.6 Å². The Morgan fingerprint density at radius 2 is 0.639 bits per heavy atom. The van der Waals surface area contributed by atoms with E-state index >= 15 is 0 Å². The van der Waals surface area contributed by atoms with Gasteiger partial charge in [0.1, 0.15) is 128 Å². The summed E-state index contributed by atoms with van der Waals surface area (Å²) in [5.41, 5.74) is 0. The average molecular weight is 901 g/mol. The van der Waals surface area contributed by atoms with E-state index in [2.05, 4.69) is 0 Å². The van der Waals surface area contributed by atoms with Gasteiger partial charge in [-0.1, -0.05) is 0 Å². The summed E-state index contributed by atoms with van der Waals surface area (Å²) in [6, 6.07) is 0. The van der Waals surface area contributed by atoms with Gasteiger partial charge in [-0.3, -0.25) is 0 Å². The third kappa shape index (κ3) is 10.3. The van der Waals surface area contributed by atoms with Crippen LogP contribution in [0.25, 0.3) is 0 Å². The van der Waals surface area contributed by atoms with Gasteiger partial charge in [0.25, 0.3) is 0 Å². The molecular formula is C33H56O28. The molecule has 28 nitrogen and oxygen atoms in total. The van der Waals surface area contributed by atoms with Crippen LogP contribution in [-0.4, -0.2) is 292 Å². The van der Waals surface area contributed by atoms with Crippen LogP contribution >= 0.6 is 0 Å². The minimum Gasteiger partial charge on any atom is -0.394 e. The molecule has 0 aliphatic carbocycles. The van der Waals surface area contributed by atoms with Crippen molar-refractivity contribution in [1.29, 1.82) is 0 Å². The van der Waals surface area contributed by atoms with E-state index in [1.807, 2.05) is 0 Å². The lowest BCUT2D eigenvalue weighted by molar-refractivity contribution is -0.381. The van der Waals surface area contributed by atoms with E-state index in [0.717, 1.165) is 0 Å². The van der Waals surface area contributed by atoms with E-state index in [-0.39, 0.29) is 0 Å². The van der Waals surface area contributed by atoms with Crippen LogP contribution in [0.1, 0.15) is 0 Å². The van der Waals surface area contributed by atoms with E-state index in [1.165, 1.54) is 0 Å². The largest absolute Gasteiger partial charge is 0.394 e. The fourth-order valence-corrected chi connectivity index (χ4v) is 7.59. The van der Waals surface area contributed by atoms with Gasteiger partial charge in [0.2, 0.25) is 0 Å². The van der Waals surface area contributed by atoms with E-state index in [9.17, 15) is 86.8 Å². The third-order valence-electron chi connectivity index (χ3n) is 11.3. The first-order valence-electron chi connectivity index (χ1n) is 19.4. The molecule has 61 heavy (non-hydrogen) atoms. The molecule has 0 aromatic rings. The molecule has 6 heterocycles. The van der Waals surface area contributed by atoms with Gasteiger partial charge >= 0.3 is 0 Å². The number of ether oxygens (including phenoxy) is 11. The molecule has 6 rings (SSSR count). The quantitative estimate of drug-likeness (QED) is 0.0816. The van der Waals surface area contributed by atoms with Crippen LogP contribution in [0, 0.1) is 0 Å². The minimum atomic E-state index is -2.01. The number of rotatable bonds is 13. The Kier molecular flexibility index (Phi) is 17.0. The van der Waals surface area contributed by atoms with Crippen LogP contribution < -0.4 is 0 Å². The molecule has 0 aromatic carbocycles. The lowest BCUT2D eigenvalue weighted by atomic mass is 9.97. The average Bonchev–Trinajstić information content (AvgIpc) is 3.25. The highest BCUT2D eigenvalue weighted by Gasteiger charge is 2.54. The van der Waals surface area contributed by atoms with Crippen molar-refractivity contribution in [3.63, 3.8) is 0 Å². The van der Waals surface area contributed by atoms with Crippen molar-refractivity contribution in [1.82, 2.24) is 0 Å². The van der Waals surface area contributed by atoms with Crippen molar-refractivity contribution in [2.24, 2.45) is 0 Å². The second-order valence-corrected chi connectivity index (χ2v) is 15.4. The molecule has 28 heteroatoms. The Labute approximate surface area is 344 Å². The van der Waals surface area contributed by atoms with Crippen LogP contribution in [0.4, 0.5) is 0 Å². The molecule has 27 atom stereocenters. The first kappa shape index (κ1) is 49.3. The summed E-state index contributed by atoms with van der Waals surface area (Å²) in [5, 5.41) is 176. The Balaban J connectivity index is 1.00. The van der Waals surface area contributed by atoms with Crippen molar-refractivity contribution in [3.8, 4) is 0 Å². The lowest BCUT2D eigenvalue weighted by Gasteiger charge is -2.48. The summed E-state index contributed by atoms with van der Waals surface area (Å²) in [7, 11) is 0. The number of hydrogen-bond donors (Lipinski definition) is 17. The molecule has 0 bridgehead atoms. The monoisotopic (exact) mass is 900 g/mol. The van der Waals surface area contributed by atoms with E-state index < -0.39 is 206 Å². The summed E-state index contributed by atoms with van der Waals surface area (Å²) >= 11 is 0. The van der Waals surface area contributed by atoms with Gasteiger partial charge in [-0.15, -0.1) is 0 Å². The zero-order chi connectivity index (χ0) is 44.6. The van der Waals surface area contributed by atoms with Crippen LogP contribution in [-0.2, 0) is 52.1 Å². The van der Waals surface area contributed by atoms with Gasteiger partial charge in [0.05, 0.1) is 39.6 Å². The Morgan fingerprint density at radius 3 is 1.03 bits per heavy atom. The number of hydrogen-bond acceptors (Lipinski definition) is 28. The molecule has 0 aromatic heterocycles. The molecule has 17 N–H and O–H groups in total. The lowest BCUT2D eigenvalue weighted by Crippen LogP contribution is -2.66. The van der Waals surface area contributed by atoms with Crippen LogP contribution in [0.15, 0.2) is 0 Å². The maximum Gasteiger partial charge on any atom is 0.187 e. The second kappa shape index (κ2) is 21.0. The fourth-order valence-electron chi connectivity index (χ4n) is 7.59. The summed E-state index contributed by atoms with van der Waals surface area (Å²) in [6.45, 7) is -4.15. The zero-order valence-electron chi connectivity index (χ0n) is 31.9. The Morgan fingerprint density at radius 1 is 0.311 bits per heavy atom. The Hall–Kier alpha value is -1.12. The predicted molar refractivity (Wildman–Crippen MR) is 181 cm³/mol. The SMILES string of the molecule is OC[C@H]1O[C@@H](O[C@@H]2CO[C@@H](O[C@H]3[C@H](O)[C@H](O)[C@H](O[C@@H]4CO[C@@H](O[C@H]5[C@H](O)[C@H](O)[C@H](O[C@@H]6CO[C@@H](O)[C@H](O)[C@H]6O)O[C@@H]5CO)[C@H](O)[C@H]4O)O[C@@H]3CO)[C@H](O)[C@H]2O)[C@@H](O)[C@@H](O)[C@@H]1O. The standard InChI is InChI=1S/C33H56O28/c34-1-7-13(37)17(41)23(47)31(54-7)58-11-5-52-29(21(45)15(11)39)61-27-9(3-36)56-33(25(49)19(27)43)59-12-6-53-30(22(46)16(12)40)60-26-8(2-35)55-32(24(48)18(26)42)57-10-4-51-28(50)20(44)14(10)38/h7-50H,1-6H2/t7-,8-,9-,10-,11-,12-,13-,14+,15+,16+,17+,18-,19-,20-,21-,22-,23+,24+,25+,26-,27-,28-,29+,30+,31+,32+,33+/m1/s1. The van der Waals surface area contributed by atoms with Crippen molar-refractivity contribution in [3.05, 3.63) is 0 Å². The molecular weight excluding hydrogens is 844 g/mol. The van der Waals surface area contributed by atoms with Gasteiger partial charge in [0, 0.05) is 0 Å². The summed E-state index contributed by atoms with van der Waals surface area (Å²) in [5.74, 6) is 0. The van der Waals surface area contributed by atoms with Gasteiger partial charge in [-0.2, -0.15) is 0 Å². The summed E-state index contributed by atoms with van der Waals surface area (Å²) < 4.78 is 59.9. The van der Waals surface area contributed by atoms with E-state index in [1.54, 1.807) is 0 Å². The van der Waals surface area contributed by atoms with Crippen molar-refractivity contribution < 1.29 is 139 Å². The summed E-state index contributed by atoms with van der Waals surface area (Å²) in [6.07, 6.45) is -46.7. The minimum absolute atomic E-state index is 0.450. The molecule has 0 radical (unpaired) electrons. The van der Waals surface area contributed by atoms with Gasteiger partial charge in [-0.25, -0.2) is 0 Å². The van der Waals surface area contributed by atoms with Crippen LogP contribution in [0.5, 0.6) is 0 Å². The predicted octanol–water partition coefficient (Wildman–Crippen LogP) is -12.2. The first-order valence-corrected chi connectivity index (χ1v) is 19.4. The maximum absolute atomic E-state index is 11.0. The normalized spacial score (nSPS) is 53.8. The molecule has 356 valence electrons. The topological polar surface area (TPSA) is 445 Å². The highest BCUT2D eigenvalue weighted by Crippen LogP contribution is 2.34. The molecule has 6 aliphatic rings. The molecule has 0 unspecified atom stereocenters. The highest BCUT2D eigenvalue weighted by molar-refractivity contribution is 4.97. The van der Waals surface area contributed by atoms with Crippen LogP contribution in [0.2, 0.25) is 0 Å². The molecule has 6 fully saturated rings. The first-order chi connectivity index (χ1) is 28.9. The molecule has 0 spiro atoms. The highest BCUT2D eigenvalue weighted by atomic mass is 16.8. The molecule has 6 saturated heterocycles. The van der Waals surface area contributed by atoms with Gasteiger partial charge in [-0.05, 0) is 0 Å². The maximum atomic E-state index is 11.0. The number of aliphatic hydroxyl groups excluding tert-OH is 17. The van der Waals surface area contributed by atoms with Crippen molar-refractivity contribution in [2.45, 2.75) is 166 Å². The van der Waals surface area contributed by atoms with E-state index in [4.69, 9.17) is 52.1 Å². The third-order valence-corrected chi connectivity index (χ3v) is 11.3. The molecule has 6 aliphatic heterocycles. The van der Waals surface area contributed by atoms with E-state index in [0.29, 0.717) is 0 Å². The smallest absolute Gasteiger partial charge is 0.187 e. The second-order valence-electron chi connectivity index (χ2n) is 15.4. The molecule has 0 saturated carbocycles. The van der Waals surface area contributed by atoms with Crippen molar-refractivity contribution >= 4 is 0 Å². The number of aliphatic hydroxyl groups is 17. The fraction of sp³-hybridized carbons (Fsp3) is 1.00. The van der Waals surface area contributed by atoms with Gasteiger partial charge in [0.15, 0.2) is 37.7 Å².